The summed E-state index contributed by atoms with van der Waals surface area (Å²) >= 11 is 3.49. The second kappa shape index (κ2) is 6.79. The zero-order chi connectivity index (χ0) is 19.2. The van der Waals surface area contributed by atoms with Crippen LogP contribution in [-0.2, 0) is 27.8 Å². The molecule has 1 aliphatic carbocycles. The van der Waals surface area contributed by atoms with E-state index in [9.17, 15) is 4.79 Å². The first kappa shape index (κ1) is 18.8. The van der Waals surface area contributed by atoms with Crippen molar-refractivity contribution in [3.63, 3.8) is 0 Å². The lowest BCUT2D eigenvalue weighted by atomic mass is 9.80. The summed E-state index contributed by atoms with van der Waals surface area (Å²) in [6.45, 7) is 7.92. The summed E-state index contributed by atoms with van der Waals surface area (Å²) in [5.41, 5.74) is 2.54. The molecule has 0 saturated carbocycles. The molecule has 3 heterocycles. The molecule has 5 nitrogen and oxygen atoms in total. The minimum Gasteiger partial charge on any atom is -0.364 e. The first-order valence-electron chi connectivity index (χ1n) is 9.29. The lowest BCUT2D eigenvalue weighted by Gasteiger charge is -2.28. The van der Waals surface area contributed by atoms with Crippen LogP contribution in [0.5, 0.6) is 0 Å². The number of pyridine rings is 2. The molecule has 0 bridgehead atoms. The van der Waals surface area contributed by atoms with Gasteiger partial charge in [0, 0.05) is 41.2 Å². The molecule has 0 aromatic carbocycles. The number of carbonyl (C=O) groups excluding carboxylic acids is 1. The Morgan fingerprint density at radius 2 is 2.11 bits per heavy atom. The van der Waals surface area contributed by atoms with Gasteiger partial charge in [-0.25, -0.2) is 4.98 Å². The van der Waals surface area contributed by atoms with Crippen LogP contribution in [-0.4, -0.2) is 37.3 Å². The molecule has 143 valence electrons. The number of ether oxygens (including phenoxy) is 1. The molecule has 2 aromatic heterocycles. The number of amides is 1. The molecule has 0 N–H and O–H groups in total. The number of hydrogen-bond acceptors (Lipinski definition) is 4. The monoisotopic (exact) mass is 445 g/mol. The van der Waals surface area contributed by atoms with E-state index in [4.69, 9.17) is 4.74 Å². The van der Waals surface area contributed by atoms with Gasteiger partial charge in [0.2, 0.25) is 5.91 Å². The van der Waals surface area contributed by atoms with E-state index in [2.05, 4.69) is 51.6 Å². The van der Waals surface area contributed by atoms with Crippen molar-refractivity contribution >= 4 is 35.7 Å². The van der Waals surface area contributed by atoms with Crippen LogP contribution in [0.2, 0.25) is 25.7 Å². The third kappa shape index (κ3) is 3.36. The molecule has 7 heteroatoms. The van der Waals surface area contributed by atoms with E-state index in [1.54, 1.807) is 17.3 Å². The quantitative estimate of drug-likeness (QED) is 0.516. The molecule has 1 spiro atoms. The van der Waals surface area contributed by atoms with E-state index in [-0.39, 0.29) is 12.6 Å². The SMILES string of the molecule is C[Si-](C)(C)CCOCN1C(=O)C2(Cc3cc(Br)cnc3C2)c2cccnc21. The first-order chi connectivity index (χ1) is 12.8. The molecule has 1 atom stereocenters. The predicted octanol–water partition coefficient (Wildman–Crippen LogP) is 3.93. The van der Waals surface area contributed by atoms with Crippen molar-refractivity contribution in [3.05, 3.63) is 51.9 Å². The van der Waals surface area contributed by atoms with E-state index in [0.717, 1.165) is 33.2 Å². The molecule has 0 fully saturated rings. The number of anilines is 1. The van der Waals surface area contributed by atoms with Gasteiger partial charge in [-0.05, 0) is 40.0 Å². The number of halogens is 1. The molecule has 1 amide bonds. The van der Waals surface area contributed by atoms with Crippen LogP contribution >= 0.6 is 15.9 Å². The second-order valence-electron chi connectivity index (χ2n) is 8.65. The fourth-order valence-corrected chi connectivity index (χ4v) is 5.08. The van der Waals surface area contributed by atoms with E-state index >= 15 is 0 Å². The predicted molar refractivity (Wildman–Crippen MR) is 112 cm³/mol. The first-order valence-corrected chi connectivity index (χ1v) is 13.8. The maximum atomic E-state index is 13.5. The Morgan fingerprint density at radius 3 is 2.89 bits per heavy atom. The minimum atomic E-state index is -1.16. The van der Waals surface area contributed by atoms with Crippen molar-refractivity contribution in [2.24, 2.45) is 0 Å². The topological polar surface area (TPSA) is 55.3 Å². The molecule has 0 radical (unpaired) electrons. The summed E-state index contributed by atoms with van der Waals surface area (Å²) < 4.78 is 6.84. The van der Waals surface area contributed by atoms with Crippen LogP contribution < -0.4 is 4.90 Å². The third-order valence-corrected chi connectivity index (χ3v) is 7.55. The van der Waals surface area contributed by atoms with Gasteiger partial charge in [-0.2, -0.15) is 19.6 Å². The van der Waals surface area contributed by atoms with Gasteiger partial charge in [-0.3, -0.25) is 14.7 Å². The molecule has 2 aliphatic rings. The summed E-state index contributed by atoms with van der Waals surface area (Å²) in [6, 6.07) is 7.10. The van der Waals surface area contributed by atoms with Gasteiger partial charge in [0.05, 0.1) is 5.41 Å². The van der Waals surface area contributed by atoms with Gasteiger partial charge in [0.1, 0.15) is 12.5 Å². The summed E-state index contributed by atoms with van der Waals surface area (Å²) in [5, 5.41) is 0. The number of nitrogens with zero attached hydrogens (tertiary/aromatic N) is 3. The fraction of sp³-hybridized carbons (Fsp3) is 0.450. The van der Waals surface area contributed by atoms with Gasteiger partial charge >= 0.3 is 0 Å². The molecule has 4 rings (SSSR count). The standard InChI is InChI=1S/C20H24BrN3O2Si/c1-27(2,3)8-7-26-13-24-18-16(5-4-6-22-18)20(19(24)25)10-14-9-15(21)12-23-17(14)11-20/h4-6,9,12H,7-8,10-11,13H2,1-3H3/q-1. The largest absolute Gasteiger partial charge is 0.364 e. The Balaban J connectivity index is 1.60. The number of hydrogen-bond donors (Lipinski definition) is 0. The summed E-state index contributed by atoms with van der Waals surface area (Å²) in [7, 11) is -1.16. The number of carbonyl (C=O) groups is 1. The van der Waals surface area contributed by atoms with Gasteiger partial charge in [-0.15, -0.1) is 14.1 Å². The van der Waals surface area contributed by atoms with E-state index in [1.807, 2.05) is 12.1 Å². The zero-order valence-corrected chi connectivity index (χ0v) is 18.5. The Morgan fingerprint density at radius 1 is 1.30 bits per heavy atom. The van der Waals surface area contributed by atoms with E-state index < -0.39 is 13.5 Å². The Bertz CT molecular complexity index is 899. The Kier molecular flexibility index (Phi) is 4.72. The normalized spacial score (nSPS) is 21.0. The lowest BCUT2D eigenvalue weighted by Crippen LogP contribution is -2.42. The molecule has 0 saturated heterocycles. The average molecular weight is 446 g/mol. The molecule has 1 unspecified atom stereocenters. The molecular weight excluding hydrogens is 422 g/mol. The Hall–Kier alpha value is -1.57. The smallest absolute Gasteiger partial charge is 0.241 e. The highest BCUT2D eigenvalue weighted by molar-refractivity contribution is 9.10. The van der Waals surface area contributed by atoms with Crippen molar-refractivity contribution in [3.8, 4) is 0 Å². The van der Waals surface area contributed by atoms with Crippen LogP contribution in [0.15, 0.2) is 35.1 Å². The van der Waals surface area contributed by atoms with Crippen LogP contribution in [0, 0.1) is 0 Å². The maximum Gasteiger partial charge on any atom is 0.241 e. The van der Waals surface area contributed by atoms with E-state index in [0.29, 0.717) is 19.4 Å². The van der Waals surface area contributed by atoms with Crippen molar-refractivity contribution in [1.82, 2.24) is 9.97 Å². The molecular formula is C20H24BrN3O2Si-. The van der Waals surface area contributed by atoms with Crippen molar-refractivity contribution < 1.29 is 9.53 Å². The minimum absolute atomic E-state index is 0.0818. The highest BCUT2D eigenvalue weighted by Crippen LogP contribution is 2.48. The van der Waals surface area contributed by atoms with Gasteiger partial charge in [0.15, 0.2) is 0 Å². The summed E-state index contributed by atoms with van der Waals surface area (Å²) in [5.74, 6) is 0.820. The number of rotatable bonds is 5. The third-order valence-electron chi connectivity index (χ3n) is 5.42. The van der Waals surface area contributed by atoms with Crippen LogP contribution in [0.4, 0.5) is 5.82 Å². The maximum absolute atomic E-state index is 13.5. The molecule has 1 aliphatic heterocycles. The highest BCUT2D eigenvalue weighted by Gasteiger charge is 2.55. The fourth-order valence-electron chi connectivity index (χ4n) is 3.95. The Labute approximate surface area is 169 Å². The van der Waals surface area contributed by atoms with Crippen LogP contribution in [0.3, 0.4) is 0 Å². The average Bonchev–Trinajstić information content (AvgIpc) is 3.09. The van der Waals surface area contributed by atoms with Crippen molar-refractivity contribution in [2.75, 3.05) is 18.2 Å². The zero-order valence-electron chi connectivity index (χ0n) is 16.0. The van der Waals surface area contributed by atoms with Gasteiger partial charge < -0.3 is 4.74 Å². The van der Waals surface area contributed by atoms with Gasteiger partial charge in [-0.1, -0.05) is 6.07 Å². The summed E-state index contributed by atoms with van der Waals surface area (Å²) in [4.78, 5) is 24.3. The van der Waals surface area contributed by atoms with Crippen LogP contribution in [0.1, 0.15) is 16.8 Å². The van der Waals surface area contributed by atoms with Crippen molar-refractivity contribution in [2.45, 2.75) is 43.9 Å². The summed E-state index contributed by atoms with van der Waals surface area (Å²) in [6.07, 6.45) is 4.84. The van der Waals surface area contributed by atoms with Gasteiger partial charge in [0.25, 0.3) is 0 Å². The number of fused-ring (bicyclic) bond motifs is 3. The van der Waals surface area contributed by atoms with E-state index in [1.165, 1.54) is 0 Å². The lowest BCUT2D eigenvalue weighted by molar-refractivity contribution is -0.124. The van der Waals surface area contributed by atoms with Crippen LogP contribution in [0.25, 0.3) is 0 Å². The number of aromatic nitrogens is 2. The highest BCUT2D eigenvalue weighted by atomic mass is 79.9. The molecule has 27 heavy (non-hydrogen) atoms. The van der Waals surface area contributed by atoms with Crippen molar-refractivity contribution in [1.29, 1.82) is 0 Å². The second-order valence-corrected chi connectivity index (χ2v) is 15.2. The molecule has 2 aromatic rings.